The summed E-state index contributed by atoms with van der Waals surface area (Å²) in [6.45, 7) is 6.21. The number of phenols is 1. The zero-order valence-electron chi connectivity index (χ0n) is 15.1. The molecule has 4 aromatic rings. The van der Waals surface area contributed by atoms with Gasteiger partial charge >= 0.3 is 0 Å². The van der Waals surface area contributed by atoms with Crippen molar-refractivity contribution in [1.82, 2.24) is 9.38 Å². The quantitative estimate of drug-likeness (QED) is 0.525. The lowest BCUT2D eigenvalue weighted by Crippen LogP contribution is -1.98. The maximum atomic E-state index is 10.3. The van der Waals surface area contributed by atoms with E-state index in [1.54, 1.807) is 6.07 Å². The number of imidazole rings is 1. The molecule has 2 aromatic heterocycles. The molecule has 2 N–H and O–H groups in total. The maximum absolute atomic E-state index is 10.3. The largest absolute Gasteiger partial charge is 0.507 e. The van der Waals surface area contributed by atoms with E-state index >= 15 is 0 Å². The van der Waals surface area contributed by atoms with Gasteiger partial charge in [-0.25, -0.2) is 4.98 Å². The molecule has 0 atom stereocenters. The fourth-order valence-electron chi connectivity index (χ4n) is 3.31. The number of anilines is 2. The number of para-hydroxylation sites is 1. The van der Waals surface area contributed by atoms with Crippen LogP contribution in [0, 0.1) is 20.8 Å². The summed E-state index contributed by atoms with van der Waals surface area (Å²) in [6, 6.07) is 17.7. The van der Waals surface area contributed by atoms with Crippen molar-refractivity contribution in [3.8, 4) is 17.0 Å². The van der Waals surface area contributed by atoms with Gasteiger partial charge in [0.2, 0.25) is 0 Å². The fraction of sp³-hybridized carbons (Fsp3) is 0.136. The number of benzene rings is 2. The molecule has 4 heteroatoms. The van der Waals surface area contributed by atoms with Gasteiger partial charge in [-0.05, 0) is 73.9 Å². The van der Waals surface area contributed by atoms with Crippen LogP contribution in [0.2, 0.25) is 0 Å². The fourth-order valence-corrected chi connectivity index (χ4v) is 3.31. The molecule has 0 unspecified atom stereocenters. The number of aromatic hydroxyl groups is 1. The zero-order chi connectivity index (χ0) is 18.3. The number of aryl methyl sites for hydroxylation is 3. The van der Waals surface area contributed by atoms with Crippen LogP contribution in [0.5, 0.6) is 5.75 Å². The predicted molar refractivity (Wildman–Crippen MR) is 106 cm³/mol. The van der Waals surface area contributed by atoms with Crippen LogP contribution in [-0.4, -0.2) is 14.5 Å². The standard InChI is InChI=1S/C22H21N3O/c1-14-8-9-25-20(13-14)24-21(18-6-4-5-7-19(18)26)22(25)23-17-11-15(2)10-16(3)12-17/h4-13,23,26H,1-3H3. The van der Waals surface area contributed by atoms with Gasteiger partial charge in [0.25, 0.3) is 0 Å². The molecule has 4 rings (SSSR count). The first kappa shape index (κ1) is 16.2. The third-order valence-electron chi connectivity index (χ3n) is 4.43. The Morgan fingerprint density at radius 1 is 0.885 bits per heavy atom. The van der Waals surface area contributed by atoms with Crippen LogP contribution in [0.25, 0.3) is 16.9 Å². The minimum absolute atomic E-state index is 0.219. The molecule has 0 fully saturated rings. The van der Waals surface area contributed by atoms with Gasteiger partial charge in [-0.15, -0.1) is 0 Å². The van der Waals surface area contributed by atoms with Crippen molar-refractivity contribution in [2.75, 3.05) is 5.32 Å². The van der Waals surface area contributed by atoms with Gasteiger partial charge < -0.3 is 10.4 Å². The number of aromatic nitrogens is 2. The smallest absolute Gasteiger partial charge is 0.143 e. The van der Waals surface area contributed by atoms with E-state index in [0.29, 0.717) is 5.56 Å². The molecule has 2 aromatic carbocycles. The summed E-state index contributed by atoms with van der Waals surface area (Å²) in [6.07, 6.45) is 2.01. The van der Waals surface area contributed by atoms with E-state index in [2.05, 4.69) is 43.4 Å². The Labute approximate surface area is 152 Å². The minimum atomic E-state index is 0.219. The molecule has 0 spiro atoms. The molecule has 0 saturated carbocycles. The molecule has 0 amide bonds. The van der Waals surface area contributed by atoms with Gasteiger partial charge in [0.15, 0.2) is 0 Å². The third kappa shape index (κ3) is 2.90. The Hall–Kier alpha value is -3.27. The van der Waals surface area contributed by atoms with Crippen molar-refractivity contribution < 1.29 is 5.11 Å². The Balaban J connectivity index is 1.94. The van der Waals surface area contributed by atoms with E-state index in [0.717, 1.165) is 28.4 Å². The number of pyridine rings is 1. The third-order valence-corrected chi connectivity index (χ3v) is 4.43. The van der Waals surface area contributed by atoms with Crippen molar-refractivity contribution in [2.45, 2.75) is 20.8 Å². The van der Waals surface area contributed by atoms with Gasteiger partial charge in [-0.3, -0.25) is 4.40 Å². The topological polar surface area (TPSA) is 49.6 Å². The molecule has 0 aliphatic carbocycles. The van der Waals surface area contributed by atoms with E-state index in [-0.39, 0.29) is 5.75 Å². The Morgan fingerprint density at radius 2 is 1.62 bits per heavy atom. The van der Waals surface area contributed by atoms with E-state index in [1.165, 1.54) is 11.1 Å². The number of nitrogens with zero attached hydrogens (tertiary/aromatic N) is 2. The summed E-state index contributed by atoms with van der Waals surface area (Å²) in [5, 5.41) is 13.9. The van der Waals surface area contributed by atoms with Gasteiger partial charge in [0.1, 0.15) is 22.9 Å². The second-order valence-electron chi connectivity index (χ2n) is 6.76. The first-order valence-electron chi connectivity index (χ1n) is 8.63. The van der Waals surface area contributed by atoms with E-state index in [9.17, 15) is 5.11 Å². The molecule has 0 radical (unpaired) electrons. The first-order valence-corrected chi connectivity index (χ1v) is 8.63. The highest BCUT2D eigenvalue weighted by Gasteiger charge is 2.17. The summed E-state index contributed by atoms with van der Waals surface area (Å²) in [7, 11) is 0. The van der Waals surface area contributed by atoms with Crippen LogP contribution in [0.3, 0.4) is 0 Å². The number of hydrogen-bond acceptors (Lipinski definition) is 3. The highest BCUT2D eigenvalue weighted by molar-refractivity contribution is 5.82. The van der Waals surface area contributed by atoms with Gasteiger partial charge in [0.05, 0.1) is 0 Å². The molecule has 0 aliphatic rings. The maximum Gasteiger partial charge on any atom is 0.143 e. The minimum Gasteiger partial charge on any atom is -0.507 e. The van der Waals surface area contributed by atoms with Gasteiger partial charge in [0, 0.05) is 17.4 Å². The van der Waals surface area contributed by atoms with Crippen molar-refractivity contribution in [3.63, 3.8) is 0 Å². The van der Waals surface area contributed by atoms with Crippen molar-refractivity contribution in [1.29, 1.82) is 0 Å². The second-order valence-corrected chi connectivity index (χ2v) is 6.76. The van der Waals surface area contributed by atoms with Crippen LogP contribution >= 0.6 is 0 Å². The molecule has 0 aliphatic heterocycles. The molecule has 26 heavy (non-hydrogen) atoms. The molecule has 0 bridgehead atoms. The van der Waals surface area contributed by atoms with Crippen molar-refractivity contribution in [3.05, 3.63) is 77.5 Å². The zero-order valence-corrected chi connectivity index (χ0v) is 15.1. The molecular weight excluding hydrogens is 322 g/mol. The predicted octanol–water partition coefficient (Wildman–Crippen LogP) is 5.38. The number of rotatable bonds is 3. The lowest BCUT2D eigenvalue weighted by Gasteiger charge is -2.11. The number of nitrogens with one attached hydrogen (secondary N) is 1. The number of hydrogen-bond donors (Lipinski definition) is 2. The van der Waals surface area contributed by atoms with Gasteiger partial charge in [-0.1, -0.05) is 18.2 Å². The number of fused-ring (bicyclic) bond motifs is 1. The molecule has 130 valence electrons. The van der Waals surface area contributed by atoms with Crippen LogP contribution in [-0.2, 0) is 0 Å². The molecular formula is C22H21N3O. The molecule has 4 nitrogen and oxygen atoms in total. The number of phenolic OH excluding ortho intramolecular Hbond substituents is 1. The Bertz CT molecular complexity index is 1090. The average Bonchev–Trinajstić information content (AvgIpc) is 2.91. The van der Waals surface area contributed by atoms with Crippen LogP contribution in [0.15, 0.2) is 60.8 Å². The summed E-state index contributed by atoms with van der Waals surface area (Å²) in [5.41, 5.74) is 6.82. The average molecular weight is 343 g/mol. The van der Waals surface area contributed by atoms with Crippen LogP contribution < -0.4 is 5.32 Å². The monoisotopic (exact) mass is 343 g/mol. The van der Waals surface area contributed by atoms with Crippen molar-refractivity contribution >= 4 is 17.2 Å². The highest BCUT2D eigenvalue weighted by atomic mass is 16.3. The van der Waals surface area contributed by atoms with Crippen molar-refractivity contribution in [2.24, 2.45) is 0 Å². The Morgan fingerprint density at radius 3 is 2.35 bits per heavy atom. The normalized spacial score (nSPS) is 11.0. The highest BCUT2D eigenvalue weighted by Crippen LogP contribution is 2.36. The molecule has 0 saturated heterocycles. The van der Waals surface area contributed by atoms with Crippen LogP contribution in [0.1, 0.15) is 16.7 Å². The van der Waals surface area contributed by atoms with Gasteiger partial charge in [-0.2, -0.15) is 0 Å². The van der Waals surface area contributed by atoms with E-state index in [4.69, 9.17) is 4.98 Å². The summed E-state index contributed by atoms with van der Waals surface area (Å²) in [4.78, 5) is 4.79. The summed E-state index contributed by atoms with van der Waals surface area (Å²) >= 11 is 0. The van der Waals surface area contributed by atoms with Crippen LogP contribution in [0.4, 0.5) is 11.5 Å². The Kier molecular flexibility index (Phi) is 3.88. The summed E-state index contributed by atoms with van der Waals surface area (Å²) in [5.74, 6) is 1.06. The molecule has 2 heterocycles. The lowest BCUT2D eigenvalue weighted by atomic mass is 10.1. The first-order chi connectivity index (χ1) is 12.5. The second kappa shape index (κ2) is 6.23. The lowest BCUT2D eigenvalue weighted by molar-refractivity contribution is 0.477. The van der Waals surface area contributed by atoms with E-state index in [1.807, 2.05) is 41.8 Å². The SMILES string of the molecule is Cc1cc(C)cc(Nc2c(-c3ccccc3O)nc3cc(C)ccn23)c1. The summed E-state index contributed by atoms with van der Waals surface area (Å²) < 4.78 is 2.02. The van der Waals surface area contributed by atoms with E-state index < -0.39 is 0 Å².